The van der Waals surface area contributed by atoms with Gasteiger partial charge in [-0.15, -0.1) is 11.3 Å². The van der Waals surface area contributed by atoms with Crippen LogP contribution in [-0.4, -0.2) is 51.9 Å². The number of piperazine rings is 1. The van der Waals surface area contributed by atoms with Crippen molar-refractivity contribution in [2.45, 2.75) is 32.7 Å². The number of benzene rings is 1. The number of pyridine rings is 1. The van der Waals surface area contributed by atoms with Gasteiger partial charge in [-0.3, -0.25) is 14.7 Å². The molecule has 5 nitrogen and oxygen atoms in total. The van der Waals surface area contributed by atoms with Crippen LogP contribution >= 0.6 is 22.9 Å². The summed E-state index contributed by atoms with van der Waals surface area (Å²) in [5, 5.41) is 4.76. The second-order valence-electron chi connectivity index (χ2n) is 8.46. The molecular weight excluding hydrogens is 404 g/mol. The second-order valence-corrected chi connectivity index (χ2v) is 9.72. The zero-order valence-corrected chi connectivity index (χ0v) is 18.6. The molecular formula is C22H25ClN4OS. The molecule has 2 aromatic heterocycles. The zero-order valence-electron chi connectivity index (χ0n) is 17.0. The van der Waals surface area contributed by atoms with E-state index in [1.54, 1.807) is 29.7 Å². The monoisotopic (exact) mass is 428 g/mol. The number of aromatic nitrogens is 2. The molecule has 152 valence electrons. The normalized spacial score (nSPS) is 15.8. The first-order valence-electron chi connectivity index (χ1n) is 9.82. The molecule has 0 spiro atoms. The van der Waals surface area contributed by atoms with Crippen molar-refractivity contribution in [1.82, 2.24) is 19.8 Å². The minimum Gasteiger partial charge on any atom is -0.336 e. The van der Waals surface area contributed by atoms with Gasteiger partial charge in [0.15, 0.2) is 0 Å². The number of rotatable bonds is 3. The Morgan fingerprint density at radius 2 is 1.93 bits per heavy atom. The second kappa shape index (κ2) is 8.01. The van der Waals surface area contributed by atoms with Gasteiger partial charge in [0.1, 0.15) is 0 Å². The Morgan fingerprint density at radius 1 is 1.17 bits per heavy atom. The maximum Gasteiger partial charge on any atom is 0.256 e. The Bertz CT molecular complexity index is 1030. The van der Waals surface area contributed by atoms with Gasteiger partial charge in [-0.05, 0) is 24.3 Å². The predicted octanol–water partition coefficient (Wildman–Crippen LogP) is 4.60. The van der Waals surface area contributed by atoms with Crippen molar-refractivity contribution in [3.05, 3.63) is 57.1 Å². The summed E-state index contributed by atoms with van der Waals surface area (Å²) < 4.78 is 0. The molecule has 0 N–H and O–H groups in total. The van der Waals surface area contributed by atoms with Crippen LogP contribution in [0.5, 0.6) is 0 Å². The number of halogens is 1. The van der Waals surface area contributed by atoms with Crippen molar-refractivity contribution in [3.8, 4) is 0 Å². The van der Waals surface area contributed by atoms with E-state index in [4.69, 9.17) is 16.6 Å². The number of nitrogens with zero attached hydrogens (tertiary/aromatic N) is 4. The van der Waals surface area contributed by atoms with E-state index in [-0.39, 0.29) is 11.3 Å². The molecule has 1 amide bonds. The van der Waals surface area contributed by atoms with E-state index in [2.05, 4.69) is 36.0 Å². The zero-order chi connectivity index (χ0) is 20.6. The third-order valence-electron chi connectivity index (χ3n) is 5.19. The van der Waals surface area contributed by atoms with Crippen LogP contribution in [0, 0.1) is 0 Å². The van der Waals surface area contributed by atoms with Crippen LogP contribution in [0.25, 0.3) is 10.9 Å². The van der Waals surface area contributed by atoms with Gasteiger partial charge in [0.05, 0.1) is 26.8 Å². The van der Waals surface area contributed by atoms with Gasteiger partial charge in [0, 0.05) is 55.1 Å². The Labute approximate surface area is 180 Å². The van der Waals surface area contributed by atoms with Crippen LogP contribution in [0.1, 0.15) is 41.8 Å². The lowest BCUT2D eigenvalue weighted by molar-refractivity contribution is 0.0629. The van der Waals surface area contributed by atoms with E-state index < -0.39 is 0 Å². The van der Waals surface area contributed by atoms with Crippen molar-refractivity contribution in [2.75, 3.05) is 26.2 Å². The highest BCUT2D eigenvalue weighted by Gasteiger charge is 2.25. The van der Waals surface area contributed by atoms with Crippen molar-refractivity contribution in [2.24, 2.45) is 0 Å². The van der Waals surface area contributed by atoms with Crippen LogP contribution in [0.3, 0.4) is 0 Å². The molecule has 0 atom stereocenters. The van der Waals surface area contributed by atoms with Crippen molar-refractivity contribution in [1.29, 1.82) is 0 Å². The quantitative estimate of drug-likeness (QED) is 0.611. The van der Waals surface area contributed by atoms with E-state index in [0.717, 1.165) is 30.7 Å². The molecule has 0 saturated carbocycles. The highest BCUT2D eigenvalue weighted by atomic mass is 35.5. The van der Waals surface area contributed by atoms with Gasteiger partial charge >= 0.3 is 0 Å². The molecule has 0 radical (unpaired) electrons. The SMILES string of the molecule is CC(C)(C)c1nc(CN2CCN(C(=O)c3ccc(Cl)c4cccnc34)CC2)cs1. The number of carbonyl (C=O) groups excluding carboxylic acids is 1. The third-order valence-corrected chi connectivity index (χ3v) is 6.83. The first kappa shape index (κ1) is 20.3. The molecule has 1 aliphatic heterocycles. The minimum atomic E-state index is 0.0219. The van der Waals surface area contributed by atoms with Gasteiger partial charge < -0.3 is 4.90 Å². The summed E-state index contributed by atoms with van der Waals surface area (Å²) >= 11 is 8.00. The topological polar surface area (TPSA) is 49.3 Å². The fourth-order valence-electron chi connectivity index (χ4n) is 3.54. The fraction of sp³-hybridized carbons (Fsp3) is 0.409. The lowest BCUT2D eigenvalue weighted by Crippen LogP contribution is -2.48. The van der Waals surface area contributed by atoms with E-state index in [1.807, 2.05) is 17.0 Å². The minimum absolute atomic E-state index is 0.0219. The summed E-state index contributed by atoms with van der Waals surface area (Å²) in [6.07, 6.45) is 1.70. The average molecular weight is 429 g/mol. The maximum absolute atomic E-state index is 13.1. The van der Waals surface area contributed by atoms with Crippen LogP contribution in [0.15, 0.2) is 35.8 Å². The number of fused-ring (bicyclic) bond motifs is 1. The molecule has 1 saturated heterocycles. The smallest absolute Gasteiger partial charge is 0.256 e. The van der Waals surface area contributed by atoms with Crippen LogP contribution in [-0.2, 0) is 12.0 Å². The van der Waals surface area contributed by atoms with Crippen molar-refractivity contribution < 1.29 is 4.79 Å². The molecule has 3 aromatic rings. The molecule has 4 rings (SSSR count). The molecule has 7 heteroatoms. The van der Waals surface area contributed by atoms with Crippen molar-refractivity contribution >= 4 is 39.7 Å². The lowest BCUT2D eigenvalue weighted by Gasteiger charge is -2.34. The Kier molecular flexibility index (Phi) is 5.60. The van der Waals surface area contributed by atoms with E-state index in [0.29, 0.717) is 29.2 Å². The molecule has 0 aliphatic carbocycles. The number of hydrogen-bond donors (Lipinski definition) is 0. The molecule has 1 fully saturated rings. The number of thiazole rings is 1. The van der Waals surface area contributed by atoms with E-state index in [9.17, 15) is 4.79 Å². The van der Waals surface area contributed by atoms with E-state index >= 15 is 0 Å². The van der Waals surface area contributed by atoms with Gasteiger partial charge in [0.25, 0.3) is 5.91 Å². The Balaban J connectivity index is 1.42. The van der Waals surface area contributed by atoms with Gasteiger partial charge in [-0.1, -0.05) is 32.4 Å². The van der Waals surface area contributed by atoms with Crippen LogP contribution in [0.4, 0.5) is 0 Å². The standard InChI is InChI=1S/C22H25ClN4OS/c1-22(2,3)21-25-15(14-29-21)13-26-9-11-27(12-10-26)20(28)17-6-7-18(23)16-5-4-8-24-19(16)17/h4-8,14H,9-13H2,1-3H3. The lowest BCUT2D eigenvalue weighted by atomic mass is 9.98. The third kappa shape index (κ3) is 4.29. The van der Waals surface area contributed by atoms with E-state index in [1.165, 1.54) is 5.01 Å². The number of carbonyl (C=O) groups is 1. The van der Waals surface area contributed by atoms with Gasteiger partial charge in [0.2, 0.25) is 0 Å². The maximum atomic E-state index is 13.1. The highest BCUT2D eigenvalue weighted by Crippen LogP contribution is 2.27. The average Bonchev–Trinajstić information content (AvgIpc) is 3.18. The van der Waals surface area contributed by atoms with Crippen molar-refractivity contribution in [3.63, 3.8) is 0 Å². The fourth-order valence-corrected chi connectivity index (χ4v) is 4.66. The first-order valence-corrected chi connectivity index (χ1v) is 11.1. The molecule has 29 heavy (non-hydrogen) atoms. The van der Waals surface area contributed by atoms with Crippen LogP contribution < -0.4 is 0 Å². The first-order chi connectivity index (χ1) is 13.8. The van der Waals surface area contributed by atoms with Gasteiger partial charge in [-0.25, -0.2) is 4.98 Å². The summed E-state index contributed by atoms with van der Waals surface area (Å²) in [6.45, 7) is 10.5. The molecule has 1 aromatic carbocycles. The number of hydrogen-bond acceptors (Lipinski definition) is 5. The summed E-state index contributed by atoms with van der Waals surface area (Å²) in [5.41, 5.74) is 2.49. The Hall–Kier alpha value is -2.02. The van der Waals surface area contributed by atoms with Gasteiger partial charge in [-0.2, -0.15) is 0 Å². The summed E-state index contributed by atoms with van der Waals surface area (Å²) in [7, 11) is 0. The molecule has 1 aliphatic rings. The number of amides is 1. The summed E-state index contributed by atoms with van der Waals surface area (Å²) in [4.78, 5) is 26.6. The largest absolute Gasteiger partial charge is 0.336 e. The Morgan fingerprint density at radius 3 is 2.62 bits per heavy atom. The molecule has 0 unspecified atom stereocenters. The predicted molar refractivity (Wildman–Crippen MR) is 119 cm³/mol. The molecule has 3 heterocycles. The summed E-state index contributed by atoms with van der Waals surface area (Å²) in [6, 6.07) is 7.31. The highest BCUT2D eigenvalue weighted by molar-refractivity contribution is 7.09. The van der Waals surface area contributed by atoms with Crippen LogP contribution in [0.2, 0.25) is 5.02 Å². The molecule has 0 bridgehead atoms. The summed E-state index contributed by atoms with van der Waals surface area (Å²) in [5.74, 6) is 0.0219.